The van der Waals surface area contributed by atoms with Gasteiger partial charge >= 0.3 is 0 Å². The molecule has 5 heteroatoms. The predicted molar refractivity (Wildman–Crippen MR) is 135 cm³/mol. The van der Waals surface area contributed by atoms with Crippen LogP contribution in [-0.4, -0.2) is 32.8 Å². The Labute approximate surface area is 195 Å². The van der Waals surface area contributed by atoms with Crippen LogP contribution in [0.25, 0.3) is 0 Å². The maximum atomic E-state index is 14.1. The number of para-hydroxylation sites is 1. The largest absolute Gasteiger partial charge is 0.307 e. The summed E-state index contributed by atoms with van der Waals surface area (Å²) in [5.41, 5.74) is 3.72. The van der Waals surface area contributed by atoms with Crippen molar-refractivity contribution in [2.75, 3.05) is 18.5 Å². The van der Waals surface area contributed by atoms with Gasteiger partial charge in [0, 0.05) is 12.2 Å². The van der Waals surface area contributed by atoms with Crippen molar-refractivity contribution in [3.8, 4) is 0 Å². The van der Waals surface area contributed by atoms with E-state index >= 15 is 0 Å². The van der Waals surface area contributed by atoms with Crippen molar-refractivity contribution in [2.24, 2.45) is 0 Å². The first-order valence-electron chi connectivity index (χ1n) is 11.3. The first-order chi connectivity index (χ1) is 15.1. The van der Waals surface area contributed by atoms with Crippen molar-refractivity contribution in [3.63, 3.8) is 0 Å². The topological polar surface area (TPSA) is 40.6 Å². The first-order valence-corrected chi connectivity index (χ1v) is 12.4. The van der Waals surface area contributed by atoms with Gasteiger partial charge in [0.05, 0.1) is 27.7 Å². The molecule has 1 amide bonds. The Hall–Kier alpha value is -2.24. The number of benzene rings is 2. The number of hydrogen-bond donors (Lipinski definition) is 0. The molecule has 0 N–H and O–H groups in total. The summed E-state index contributed by atoms with van der Waals surface area (Å²) in [4.78, 5) is 16.0. The Bertz CT molecular complexity index is 1010. The molecule has 0 saturated carbocycles. The monoisotopic (exact) mass is 452 g/mol. The van der Waals surface area contributed by atoms with Crippen molar-refractivity contribution in [3.05, 3.63) is 77.4 Å². The number of fused-ring (bicyclic) bond motifs is 1. The van der Waals surface area contributed by atoms with Crippen LogP contribution >= 0.6 is 0 Å². The summed E-state index contributed by atoms with van der Waals surface area (Å²) in [6.45, 7) is 11.2. The highest BCUT2D eigenvalue weighted by Crippen LogP contribution is 2.47. The molecule has 0 bridgehead atoms. The van der Waals surface area contributed by atoms with Gasteiger partial charge in [-0.1, -0.05) is 60.2 Å². The lowest BCUT2D eigenvalue weighted by Crippen LogP contribution is -2.43. The third-order valence-electron chi connectivity index (χ3n) is 6.07. The lowest BCUT2D eigenvalue weighted by Gasteiger charge is -2.32. The third kappa shape index (κ3) is 5.05. The van der Waals surface area contributed by atoms with Gasteiger partial charge in [0.2, 0.25) is 5.91 Å². The molecule has 172 valence electrons. The molecular weight excluding hydrogens is 416 g/mol. The molecule has 0 saturated heterocycles. The number of carbonyl (C=O) groups is 1. The van der Waals surface area contributed by atoms with Crippen LogP contribution in [0.15, 0.2) is 66.2 Å². The van der Waals surface area contributed by atoms with E-state index in [0.29, 0.717) is 25.9 Å². The molecule has 0 aliphatic carbocycles. The number of anilines is 1. The lowest BCUT2D eigenvalue weighted by atomic mass is 9.75. The van der Waals surface area contributed by atoms with E-state index in [1.54, 1.807) is 0 Å². The van der Waals surface area contributed by atoms with Gasteiger partial charge in [-0.3, -0.25) is 4.79 Å². The Kier molecular flexibility index (Phi) is 7.41. The minimum Gasteiger partial charge on any atom is -0.307 e. The van der Waals surface area contributed by atoms with Gasteiger partial charge in [-0.25, -0.2) is 8.51 Å². The van der Waals surface area contributed by atoms with E-state index < -0.39 is 16.4 Å². The van der Waals surface area contributed by atoms with E-state index in [2.05, 4.69) is 44.2 Å². The molecule has 0 fully saturated rings. The summed E-state index contributed by atoms with van der Waals surface area (Å²) in [7, 11) is 0.763. The summed E-state index contributed by atoms with van der Waals surface area (Å²) in [6, 6.07) is 18.3. The SMILES string of the molecule is CC(C)=CC[C@@]1(CCN(C)S(=O)C(C)(C)C)C(=O)N(Cc2ccccc2)c2ccccc21. The molecule has 3 rings (SSSR count). The fourth-order valence-electron chi connectivity index (χ4n) is 4.34. The van der Waals surface area contributed by atoms with Crippen LogP contribution in [0.3, 0.4) is 0 Å². The highest BCUT2D eigenvalue weighted by atomic mass is 32.2. The maximum absolute atomic E-state index is 14.1. The van der Waals surface area contributed by atoms with E-state index in [1.165, 1.54) is 5.57 Å². The number of hydrogen-bond acceptors (Lipinski definition) is 2. The minimum absolute atomic E-state index is 0.134. The zero-order valence-electron chi connectivity index (χ0n) is 20.2. The molecule has 2 aromatic rings. The van der Waals surface area contributed by atoms with Gasteiger partial charge in [0.15, 0.2) is 0 Å². The fraction of sp³-hybridized carbons (Fsp3) is 0.444. The number of carbonyl (C=O) groups excluding carboxylic acids is 1. The van der Waals surface area contributed by atoms with Crippen LogP contribution in [0, 0.1) is 0 Å². The van der Waals surface area contributed by atoms with Crippen molar-refractivity contribution in [1.82, 2.24) is 4.31 Å². The van der Waals surface area contributed by atoms with E-state index in [-0.39, 0.29) is 10.7 Å². The van der Waals surface area contributed by atoms with Gasteiger partial charge in [-0.15, -0.1) is 0 Å². The smallest absolute Gasteiger partial charge is 0.238 e. The van der Waals surface area contributed by atoms with Gasteiger partial charge in [-0.05, 0) is 71.7 Å². The highest BCUT2D eigenvalue weighted by Gasteiger charge is 2.49. The van der Waals surface area contributed by atoms with Crippen molar-refractivity contribution in [1.29, 1.82) is 0 Å². The van der Waals surface area contributed by atoms with Gasteiger partial charge in [0.25, 0.3) is 0 Å². The van der Waals surface area contributed by atoms with Crippen molar-refractivity contribution in [2.45, 2.75) is 64.2 Å². The second kappa shape index (κ2) is 9.72. The molecule has 2 atom stereocenters. The molecule has 2 aromatic carbocycles. The normalized spacial score (nSPS) is 19.2. The fourth-order valence-corrected chi connectivity index (χ4v) is 5.53. The summed E-state index contributed by atoms with van der Waals surface area (Å²) in [6.07, 6.45) is 3.43. The molecule has 1 aliphatic heterocycles. The lowest BCUT2D eigenvalue weighted by molar-refractivity contribution is -0.123. The second-order valence-electron chi connectivity index (χ2n) is 9.92. The van der Waals surface area contributed by atoms with E-state index in [0.717, 1.165) is 16.8 Å². The molecular formula is C27H36N2O2S. The number of nitrogens with zero attached hydrogens (tertiary/aromatic N) is 2. The molecule has 0 spiro atoms. The average molecular weight is 453 g/mol. The van der Waals surface area contributed by atoms with Crippen LogP contribution in [0.5, 0.6) is 0 Å². The maximum Gasteiger partial charge on any atom is 0.238 e. The molecule has 4 nitrogen and oxygen atoms in total. The third-order valence-corrected chi connectivity index (χ3v) is 7.86. The van der Waals surface area contributed by atoms with Crippen LogP contribution in [0.4, 0.5) is 5.69 Å². The van der Waals surface area contributed by atoms with E-state index in [9.17, 15) is 9.00 Å². The number of allylic oxidation sites excluding steroid dienone is 2. The molecule has 1 heterocycles. The highest BCUT2D eigenvalue weighted by molar-refractivity contribution is 7.84. The Morgan fingerprint density at radius 1 is 1.06 bits per heavy atom. The molecule has 1 aliphatic rings. The Morgan fingerprint density at radius 3 is 2.31 bits per heavy atom. The quantitative estimate of drug-likeness (QED) is 0.488. The zero-order valence-corrected chi connectivity index (χ0v) is 21.0. The number of amides is 1. The standard InChI is InChI=1S/C27H36N2O2S/c1-21(2)16-17-27(18-19-28(6)32(31)26(3,4)5)23-14-10-11-15-24(23)29(25(27)30)20-22-12-8-7-9-13-22/h7-16H,17-20H2,1-6H3/t27-,32?/m0/s1. The zero-order chi connectivity index (χ0) is 23.5. The predicted octanol–water partition coefficient (Wildman–Crippen LogP) is 5.61. The summed E-state index contributed by atoms with van der Waals surface area (Å²) < 4.78 is 14.5. The molecule has 32 heavy (non-hydrogen) atoms. The molecule has 0 radical (unpaired) electrons. The Morgan fingerprint density at radius 2 is 1.69 bits per heavy atom. The van der Waals surface area contributed by atoms with Crippen LogP contribution in [0.1, 0.15) is 58.6 Å². The summed E-state index contributed by atoms with van der Waals surface area (Å²) in [5, 5.41) is 0. The van der Waals surface area contributed by atoms with Gasteiger partial charge in [0.1, 0.15) is 0 Å². The first kappa shape index (κ1) is 24.4. The van der Waals surface area contributed by atoms with Crippen LogP contribution in [0.2, 0.25) is 0 Å². The minimum atomic E-state index is -1.13. The van der Waals surface area contributed by atoms with Crippen molar-refractivity contribution < 1.29 is 9.00 Å². The second-order valence-corrected chi connectivity index (χ2v) is 12.3. The van der Waals surface area contributed by atoms with E-state index in [4.69, 9.17) is 0 Å². The Balaban J connectivity index is 1.99. The molecule has 1 unspecified atom stereocenters. The number of rotatable bonds is 8. The van der Waals surface area contributed by atoms with E-state index in [1.807, 2.05) is 67.4 Å². The summed E-state index contributed by atoms with van der Waals surface area (Å²) in [5.74, 6) is 0.134. The van der Waals surface area contributed by atoms with Gasteiger partial charge < -0.3 is 4.90 Å². The molecule has 0 aromatic heterocycles. The van der Waals surface area contributed by atoms with Crippen molar-refractivity contribution >= 4 is 22.6 Å². The van der Waals surface area contributed by atoms with Crippen LogP contribution < -0.4 is 4.90 Å². The summed E-state index contributed by atoms with van der Waals surface area (Å²) >= 11 is 0. The average Bonchev–Trinajstić information content (AvgIpc) is 2.98. The van der Waals surface area contributed by atoms with Crippen LogP contribution in [-0.2, 0) is 27.7 Å². The van der Waals surface area contributed by atoms with Gasteiger partial charge in [-0.2, -0.15) is 0 Å².